The lowest BCUT2D eigenvalue weighted by atomic mass is 10.2. The molecule has 1 aromatic rings. The molecule has 0 spiro atoms. The van der Waals surface area contributed by atoms with Crippen LogP contribution in [0.2, 0.25) is 0 Å². The van der Waals surface area contributed by atoms with Crippen molar-refractivity contribution in [1.29, 1.82) is 0 Å². The minimum Gasteiger partial charge on any atom is -0.453 e. The molecule has 0 saturated carbocycles. The summed E-state index contributed by atoms with van der Waals surface area (Å²) < 4.78 is 41.9. The van der Waals surface area contributed by atoms with Crippen molar-refractivity contribution in [1.82, 2.24) is 15.2 Å². The summed E-state index contributed by atoms with van der Waals surface area (Å²) in [6, 6.07) is 2.33. The second-order valence-electron chi connectivity index (χ2n) is 5.21. The molecule has 1 fully saturated rings. The van der Waals surface area contributed by atoms with E-state index >= 15 is 0 Å². The molecule has 7 nitrogen and oxygen atoms in total. The van der Waals surface area contributed by atoms with E-state index in [4.69, 9.17) is 0 Å². The van der Waals surface area contributed by atoms with Crippen LogP contribution in [0.25, 0.3) is 0 Å². The lowest BCUT2D eigenvalue weighted by Gasteiger charge is -2.34. The van der Waals surface area contributed by atoms with Crippen molar-refractivity contribution in [3.05, 3.63) is 23.9 Å². The maximum atomic E-state index is 12.5. The van der Waals surface area contributed by atoms with Gasteiger partial charge >= 0.3 is 12.3 Å². The highest BCUT2D eigenvalue weighted by Crippen LogP contribution is 2.29. The number of aromatic nitrogens is 1. The van der Waals surface area contributed by atoms with Crippen molar-refractivity contribution in [3.8, 4) is 0 Å². The van der Waals surface area contributed by atoms with Crippen LogP contribution in [-0.4, -0.2) is 61.7 Å². The van der Waals surface area contributed by atoms with Crippen LogP contribution in [0.5, 0.6) is 0 Å². The van der Waals surface area contributed by atoms with Crippen LogP contribution in [0, 0.1) is 0 Å². The van der Waals surface area contributed by atoms with E-state index in [1.54, 1.807) is 0 Å². The molecule has 1 aliphatic heterocycles. The maximum absolute atomic E-state index is 12.5. The molecule has 1 aliphatic rings. The van der Waals surface area contributed by atoms with Gasteiger partial charge in [-0.05, 0) is 12.1 Å². The van der Waals surface area contributed by atoms with Crippen LogP contribution >= 0.6 is 0 Å². The number of carbonyl (C=O) groups excluding carboxylic acids is 2. The number of alkyl halides is 3. The Bertz CT molecular complexity index is 584. The SMILES string of the molecule is COC(=O)NC(=O)CN1CCN(c2ccc(C(F)(F)F)cn2)CC1. The molecule has 1 saturated heterocycles. The summed E-state index contributed by atoms with van der Waals surface area (Å²) in [6.45, 7) is 2.13. The lowest BCUT2D eigenvalue weighted by molar-refractivity contribution is -0.137. The molecule has 1 aromatic heterocycles. The Labute approximate surface area is 136 Å². The fraction of sp³-hybridized carbons (Fsp3) is 0.500. The third-order valence-corrected chi connectivity index (χ3v) is 3.57. The average molecular weight is 346 g/mol. The quantitative estimate of drug-likeness (QED) is 0.884. The van der Waals surface area contributed by atoms with Gasteiger partial charge in [-0.25, -0.2) is 9.78 Å². The smallest absolute Gasteiger partial charge is 0.417 e. The molecule has 2 heterocycles. The number of alkyl carbamates (subject to hydrolysis) is 1. The van der Waals surface area contributed by atoms with Gasteiger partial charge in [0, 0.05) is 32.4 Å². The molecular weight excluding hydrogens is 329 g/mol. The lowest BCUT2D eigenvalue weighted by Crippen LogP contribution is -2.50. The zero-order chi connectivity index (χ0) is 17.7. The molecule has 132 valence electrons. The number of hydrogen-bond acceptors (Lipinski definition) is 6. The Morgan fingerprint density at radius 3 is 2.42 bits per heavy atom. The van der Waals surface area contributed by atoms with Crippen LogP contribution in [-0.2, 0) is 15.7 Å². The molecular formula is C14H17F3N4O3. The van der Waals surface area contributed by atoms with Crippen molar-refractivity contribution >= 4 is 17.8 Å². The van der Waals surface area contributed by atoms with E-state index in [1.165, 1.54) is 13.2 Å². The number of nitrogens with zero attached hydrogens (tertiary/aromatic N) is 3. The van der Waals surface area contributed by atoms with E-state index in [1.807, 2.05) is 9.80 Å². The summed E-state index contributed by atoms with van der Waals surface area (Å²) in [7, 11) is 1.17. The Morgan fingerprint density at radius 2 is 1.92 bits per heavy atom. The molecule has 0 unspecified atom stereocenters. The summed E-state index contributed by atoms with van der Waals surface area (Å²) >= 11 is 0. The first kappa shape index (κ1) is 18.0. The van der Waals surface area contributed by atoms with Gasteiger partial charge in [0.15, 0.2) is 0 Å². The topological polar surface area (TPSA) is 74.8 Å². The predicted octanol–water partition coefficient (Wildman–Crippen LogP) is 1.11. The highest BCUT2D eigenvalue weighted by atomic mass is 19.4. The fourth-order valence-electron chi connectivity index (χ4n) is 2.28. The third kappa shape index (κ3) is 4.82. The van der Waals surface area contributed by atoms with Crippen LogP contribution in [0.15, 0.2) is 18.3 Å². The molecule has 0 radical (unpaired) electrons. The Kier molecular flexibility index (Phi) is 5.60. The number of ether oxygens (including phenoxy) is 1. The number of nitrogens with one attached hydrogen (secondary N) is 1. The number of anilines is 1. The largest absolute Gasteiger partial charge is 0.453 e. The molecule has 0 aromatic carbocycles. The number of amides is 2. The van der Waals surface area contributed by atoms with Gasteiger partial charge in [0.1, 0.15) is 5.82 Å². The zero-order valence-corrected chi connectivity index (χ0v) is 13.0. The minimum absolute atomic E-state index is 0.0450. The highest BCUT2D eigenvalue weighted by Gasteiger charge is 2.31. The monoisotopic (exact) mass is 346 g/mol. The summed E-state index contributed by atoms with van der Waals surface area (Å²) in [6.07, 6.45) is -4.41. The molecule has 2 rings (SSSR count). The number of carbonyl (C=O) groups is 2. The molecule has 0 aliphatic carbocycles. The summed E-state index contributed by atoms with van der Waals surface area (Å²) in [5.74, 6) is -0.00961. The van der Waals surface area contributed by atoms with Crippen LogP contribution < -0.4 is 10.2 Å². The van der Waals surface area contributed by atoms with Crippen molar-refractivity contribution in [2.24, 2.45) is 0 Å². The first-order valence-corrected chi connectivity index (χ1v) is 7.18. The number of halogens is 3. The number of pyridine rings is 1. The van der Waals surface area contributed by atoms with E-state index in [-0.39, 0.29) is 6.54 Å². The molecule has 0 atom stereocenters. The summed E-state index contributed by atoms with van der Waals surface area (Å²) in [4.78, 5) is 30.0. The van der Waals surface area contributed by atoms with E-state index in [0.29, 0.717) is 32.0 Å². The average Bonchev–Trinajstić information content (AvgIpc) is 2.54. The first-order valence-electron chi connectivity index (χ1n) is 7.18. The molecule has 24 heavy (non-hydrogen) atoms. The molecule has 10 heteroatoms. The Morgan fingerprint density at radius 1 is 1.25 bits per heavy atom. The van der Waals surface area contributed by atoms with Crippen LogP contribution in [0.3, 0.4) is 0 Å². The number of piperazine rings is 1. The Balaban J connectivity index is 1.84. The first-order chi connectivity index (χ1) is 11.3. The van der Waals surface area contributed by atoms with Gasteiger partial charge in [-0.15, -0.1) is 0 Å². The summed E-state index contributed by atoms with van der Waals surface area (Å²) in [5.41, 5.74) is -0.788. The van der Waals surface area contributed by atoms with Crippen LogP contribution in [0.1, 0.15) is 5.56 Å². The van der Waals surface area contributed by atoms with Gasteiger partial charge in [-0.2, -0.15) is 13.2 Å². The second-order valence-corrected chi connectivity index (χ2v) is 5.21. The van der Waals surface area contributed by atoms with Crippen LogP contribution in [0.4, 0.5) is 23.8 Å². The van der Waals surface area contributed by atoms with Crippen molar-refractivity contribution in [2.75, 3.05) is 44.7 Å². The minimum atomic E-state index is -4.41. The Hall–Kier alpha value is -2.36. The molecule has 0 bridgehead atoms. The van der Waals surface area contributed by atoms with E-state index in [9.17, 15) is 22.8 Å². The van der Waals surface area contributed by atoms with Gasteiger partial charge in [-0.3, -0.25) is 15.0 Å². The standard InChI is InChI=1S/C14H17F3N4O3/c1-24-13(23)19-12(22)9-20-4-6-21(7-5-20)11-3-2-10(8-18-11)14(15,16)17/h2-3,8H,4-7,9H2,1H3,(H,19,22,23). The third-order valence-electron chi connectivity index (χ3n) is 3.57. The fourth-order valence-corrected chi connectivity index (χ4v) is 2.28. The van der Waals surface area contributed by atoms with E-state index < -0.39 is 23.7 Å². The van der Waals surface area contributed by atoms with E-state index in [0.717, 1.165) is 12.3 Å². The van der Waals surface area contributed by atoms with Gasteiger partial charge < -0.3 is 9.64 Å². The van der Waals surface area contributed by atoms with Gasteiger partial charge in [-0.1, -0.05) is 0 Å². The number of rotatable bonds is 3. The normalized spacial score (nSPS) is 15.9. The number of hydrogen-bond donors (Lipinski definition) is 1. The van der Waals surface area contributed by atoms with Crippen molar-refractivity contribution < 1.29 is 27.5 Å². The highest BCUT2D eigenvalue weighted by molar-refractivity contribution is 5.92. The maximum Gasteiger partial charge on any atom is 0.417 e. The number of methoxy groups -OCH3 is 1. The zero-order valence-electron chi connectivity index (χ0n) is 13.0. The van der Waals surface area contributed by atoms with E-state index in [2.05, 4.69) is 15.0 Å². The van der Waals surface area contributed by atoms with Gasteiger partial charge in [0.2, 0.25) is 5.91 Å². The second kappa shape index (κ2) is 7.47. The predicted molar refractivity (Wildman–Crippen MR) is 78.4 cm³/mol. The molecule has 1 N–H and O–H groups in total. The van der Waals surface area contributed by atoms with Gasteiger partial charge in [0.05, 0.1) is 19.2 Å². The molecule has 2 amide bonds. The van der Waals surface area contributed by atoms with Gasteiger partial charge in [0.25, 0.3) is 0 Å². The summed E-state index contributed by atoms with van der Waals surface area (Å²) in [5, 5.41) is 2.07. The van der Waals surface area contributed by atoms with Crippen molar-refractivity contribution in [3.63, 3.8) is 0 Å². The van der Waals surface area contributed by atoms with Crippen molar-refractivity contribution in [2.45, 2.75) is 6.18 Å². The number of imide groups is 1.